The Labute approximate surface area is 96.1 Å². The summed E-state index contributed by atoms with van der Waals surface area (Å²) in [4.78, 5) is 5.65. The van der Waals surface area contributed by atoms with Gasteiger partial charge in [0.25, 0.3) is 0 Å². The molecule has 1 N–H and O–H groups in total. The van der Waals surface area contributed by atoms with Crippen molar-refractivity contribution >= 4 is 11.3 Å². The van der Waals surface area contributed by atoms with Crippen molar-refractivity contribution < 1.29 is 0 Å². The fourth-order valence-electron chi connectivity index (χ4n) is 2.04. The highest BCUT2D eigenvalue weighted by molar-refractivity contribution is 7.11. The quantitative estimate of drug-likeness (QED) is 0.849. The lowest BCUT2D eigenvalue weighted by molar-refractivity contribution is 0.152. The molecule has 1 atom stereocenters. The lowest BCUT2D eigenvalue weighted by Crippen LogP contribution is -2.38. The maximum absolute atomic E-state index is 4.29. The molecular formula is C12H20N2S. The smallest absolute Gasteiger partial charge is 0.0897 e. The minimum Gasteiger partial charge on any atom is -0.309 e. The second-order valence-corrected chi connectivity index (χ2v) is 6.31. The fraction of sp³-hybridized carbons (Fsp3) is 0.750. The van der Waals surface area contributed by atoms with E-state index in [9.17, 15) is 0 Å². The van der Waals surface area contributed by atoms with Gasteiger partial charge in [0.1, 0.15) is 0 Å². The lowest BCUT2D eigenvalue weighted by atomic mass is 9.70. The van der Waals surface area contributed by atoms with E-state index >= 15 is 0 Å². The SMILES string of the molecule is Cc1ncc(C(C)NCC2(C)CCC2)s1. The Kier molecular flexibility index (Phi) is 3.12. The molecule has 0 bridgehead atoms. The molecule has 0 spiro atoms. The molecule has 1 aliphatic carbocycles. The summed E-state index contributed by atoms with van der Waals surface area (Å²) in [5.74, 6) is 0. The largest absolute Gasteiger partial charge is 0.309 e. The zero-order valence-corrected chi connectivity index (χ0v) is 10.7. The minimum absolute atomic E-state index is 0.452. The van der Waals surface area contributed by atoms with Crippen LogP contribution in [0.1, 0.15) is 49.0 Å². The van der Waals surface area contributed by atoms with Crippen LogP contribution in [0.5, 0.6) is 0 Å². The molecule has 1 aromatic heterocycles. The molecule has 0 aliphatic heterocycles. The molecule has 84 valence electrons. The van der Waals surface area contributed by atoms with Gasteiger partial charge < -0.3 is 5.32 Å². The first-order valence-corrected chi connectivity index (χ1v) is 6.56. The number of aryl methyl sites for hydroxylation is 1. The van der Waals surface area contributed by atoms with E-state index in [1.807, 2.05) is 6.20 Å². The number of hydrogen-bond acceptors (Lipinski definition) is 3. The number of aromatic nitrogens is 1. The van der Waals surface area contributed by atoms with Crippen molar-refractivity contribution in [3.8, 4) is 0 Å². The van der Waals surface area contributed by atoms with Crippen molar-refractivity contribution in [2.24, 2.45) is 5.41 Å². The average molecular weight is 224 g/mol. The molecule has 0 aromatic carbocycles. The average Bonchev–Trinajstić information content (AvgIpc) is 2.58. The number of rotatable bonds is 4. The molecule has 0 saturated heterocycles. The van der Waals surface area contributed by atoms with Crippen LogP contribution in [0.3, 0.4) is 0 Å². The first-order valence-electron chi connectivity index (χ1n) is 5.75. The van der Waals surface area contributed by atoms with Crippen LogP contribution in [-0.2, 0) is 0 Å². The molecule has 1 unspecified atom stereocenters. The van der Waals surface area contributed by atoms with E-state index in [-0.39, 0.29) is 0 Å². The predicted molar refractivity (Wildman–Crippen MR) is 65.2 cm³/mol. The maximum atomic E-state index is 4.29. The number of hydrogen-bond donors (Lipinski definition) is 1. The Morgan fingerprint density at radius 2 is 2.33 bits per heavy atom. The van der Waals surface area contributed by atoms with Crippen LogP contribution in [0.15, 0.2) is 6.20 Å². The molecule has 1 saturated carbocycles. The third-order valence-corrected chi connectivity index (χ3v) is 4.56. The molecule has 2 rings (SSSR count). The van der Waals surface area contributed by atoms with Crippen molar-refractivity contribution in [1.29, 1.82) is 0 Å². The number of nitrogens with one attached hydrogen (secondary N) is 1. The molecule has 2 nitrogen and oxygen atoms in total. The highest BCUT2D eigenvalue weighted by atomic mass is 32.1. The van der Waals surface area contributed by atoms with Crippen molar-refractivity contribution in [3.05, 3.63) is 16.1 Å². The van der Waals surface area contributed by atoms with Crippen LogP contribution >= 0.6 is 11.3 Å². The summed E-state index contributed by atoms with van der Waals surface area (Å²) >= 11 is 1.80. The first kappa shape index (κ1) is 11.1. The van der Waals surface area contributed by atoms with Crippen LogP contribution in [-0.4, -0.2) is 11.5 Å². The summed E-state index contributed by atoms with van der Waals surface area (Å²) < 4.78 is 0. The number of thiazole rings is 1. The third kappa shape index (κ3) is 2.58. The van der Waals surface area contributed by atoms with Crippen LogP contribution in [0.25, 0.3) is 0 Å². The normalized spacial score (nSPS) is 21.0. The summed E-state index contributed by atoms with van der Waals surface area (Å²) in [5, 5.41) is 4.79. The second kappa shape index (κ2) is 4.22. The topological polar surface area (TPSA) is 24.9 Å². The fourth-order valence-corrected chi connectivity index (χ4v) is 2.85. The van der Waals surface area contributed by atoms with Gasteiger partial charge in [0.05, 0.1) is 5.01 Å². The highest BCUT2D eigenvalue weighted by Gasteiger charge is 2.31. The Balaban J connectivity index is 1.84. The summed E-state index contributed by atoms with van der Waals surface area (Å²) in [5.41, 5.74) is 0.563. The molecule has 0 amide bonds. The van der Waals surface area contributed by atoms with Gasteiger partial charge in [0.15, 0.2) is 0 Å². The molecule has 1 heterocycles. The van der Waals surface area contributed by atoms with Gasteiger partial charge in [-0.05, 0) is 32.1 Å². The van der Waals surface area contributed by atoms with Crippen molar-refractivity contribution in [1.82, 2.24) is 10.3 Å². The molecular weight excluding hydrogens is 204 g/mol. The van der Waals surface area contributed by atoms with Gasteiger partial charge in [-0.15, -0.1) is 11.3 Å². The monoisotopic (exact) mass is 224 g/mol. The van der Waals surface area contributed by atoms with Crippen molar-refractivity contribution in [3.63, 3.8) is 0 Å². The number of nitrogens with zero attached hydrogens (tertiary/aromatic N) is 1. The summed E-state index contributed by atoms with van der Waals surface area (Å²) in [6.45, 7) is 7.82. The Hall–Kier alpha value is -0.410. The van der Waals surface area contributed by atoms with E-state index < -0.39 is 0 Å². The minimum atomic E-state index is 0.452. The predicted octanol–water partition coefficient (Wildman–Crippen LogP) is 3.29. The summed E-state index contributed by atoms with van der Waals surface area (Å²) in [7, 11) is 0. The van der Waals surface area contributed by atoms with Gasteiger partial charge in [0, 0.05) is 23.7 Å². The van der Waals surface area contributed by atoms with Gasteiger partial charge >= 0.3 is 0 Å². The summed E-state index contributed by atoms with van der Waals surface area (Å²) in [6, 6.07) is 0.452. The van der Waals surface area contributed by atoms with Crippen molar-refractivity contribution in [2.45, 2.75) is 46.1 Å². The van der Waals surface area contributed by atoms with E-state index in [4.69, 9.17) is 0 Å². The van der Waals surface area contributed by atoms with Crippen molar-refractivity contribution in [2.75, 3.05) is 6.54 Å². The zero-order valence-electron chi connectivity index (χ0n) is 9.84. The van der Waals surface area contributed by atoms with Gasteiger partial charge in [-0.25, -0.2) is 4.98 Å². The lowest BCUT2D eigenvalue weighted by Gasteiger charge is -2.39. The molecule has 15 heavy (non-hydrogen) atoms. The van der Waals surface area contributed by atoms with Gasteiger partial charge in [-0.1, -0.05) is 13.3 Å². The van der Waals surface area contributed by atoms with E-state index in [2.05, 4.69) is 31.1 Å². The Morgan fingerprint density at radius 3 is 2.80 bits per heavy atom. The standard InChI is InChI=1S/C12H20N2S/c1-9(11-7-13-10(2)15-11)14-8-12(3)5-4-6-12/h7,9,14H,4-6,8H2,1-3H3. The van der Waals surface area contributed by atoms with E-state index in [0.29, 0.717) is 11.5 Å². The second-order valence-electron chi connectivity index (χ2n) is 5.05. The van der Waals surface area contributed by atoms with E-state index in [1.165, 1.54) is 24.1 Å². The first-order chi connectivity index (χ1) is 7.09. The molecule has 1 fully saturated rings. The van der Waals surface area contributed by atoms with E-state index in [1.54, 1.807) is 11.3 Å². The summed E-state index contributed by atoms with van der Waals surface area (Å²) in [6.07, 6.45) is 6.18. The van der Waals surface area contributed by atoms with Crippen LogP contribution in [0.2, 0.25) is 0 Å². The molecule has 3 heteroatoms. The van der Waals surface area contributed by atoms with Crippen LogP contribution < -0.4 is 5.32 Å². The van der Waals surface area contributed by atoms with Crippen LogP contribution in [0, 0.1) is 12.3 Å². The highest BCUT2D eigenvalue weighted by Crippen LogP contribution is 2.39. The third-order valence-electron chi connectivity index (χ3n) is 3.46. The van der Waals surface area contributed by atoms with Gasteiger partial charge in [-0.3, -0.25) is 0 Å². The Morgan fingerprint density at radius 1 is 1.60 bits per heavy atom. The van der Waals surface area contributed by atoms with E-state index in [0.717, 1.165) is 11.6 Å². The van der Waals surface area contributed by atoms with Gasteiger partial charge in [0.2, 0.25) is 0 Å². The Bertz CT molecular complexity index is 328. The maximum Gasteiger partial charge on any atom is 0.0897 e. The van der Waals surface area contributed by atoms with Gasteiger partial charge in [-0.2, -0.15) is 0 Å². The van der Waals surface area contributed by atoms with Crippen LogP contribution in [0.4, 0.5) is 0 Å². The molecule has 1 aromatic rings. The molecule has 0 radical (unpaired) electrons. The zero-order chi connectivity index (χ0) is 10.9. The molecule has 1 aliphatic rings.